The lowest BCUT2D eigenvalue weighted by Crippen LogP contribution is -2.49. The van der Waals surface area contributed by atoms with E-state index in [1.165, 1.54) is 25.3 Å². The van der Waals surface area contributed by atoms with Crippen molar-refractivity contribution < 1.29 is 13.5 Å². The summed E-state index contributed by atoms with van der Waals surface area (Å²) in [6, 6.07) is 2.08. The van der Waals surface area contributed by atoms with E-state index in [4.69, 9.17) is 15.5 Å². The summed E-state index contributed by atoms with van der Waals surface area (Å²) < 4.78 is 33.6. The molecule has 4 fully saturated rings. The van der Waals surface area contributed by atoms with Gasteiger partial charge in [0.05, 0.1) is 5.56 Å². The zero-order chi connectivity index (χ0) is 18.3. The van der Waals surface area contributed by atoms with Crippen LogP contribution in [0.5, 0.6) is 11.6 Å². The minimum atomic E-state index is -0.655. The van der Waals surface area contributed by atoms with Gasteiger partial charge in [0.15, 0.2) is 0 Å². The van der Waals surface area contributed by atoms with Crippen LogP contribution in [-0.4, -0.2) is 9.97 Å². The van der Waals surface area contributed by atoms with Crippen LogP contribution in [0, 0.1) is 29.4 Å². The third-order valence-electron chi connectivity index (χ3n) is 7.19. The van der Waals surface area contributed by atoms with Crippen molar-refractivity contribution in [2.75, 3.05) is 5.73 Å². The molecule has 6 heteroatoms. The first-order chi connectivity index (χ1) is 13.0. The van der Waals surface area contributed by atoms with Crippen LogP contribution in [0.15, 0.2) is 12.1 Å². The van der Waals surface area contributed by atoms with Crippen LogP contribution in [0.4, 0.5) is 14.6 Å². The van der Waals surface area contributed by atoms with Gasteiger partial charge < -0.3 is 10.5 Å². The van der Waals surface area contributed by atoms with E-state index in [0.717, 1.165) is 48.9 Å². The number of nitrogens with two attached hydrogens (primary N) is 1. The van der Waals surface area contributed by atoms with Crippen molar-refractivity contribution >= 4 is 5.82 Å². The number of nitrogens with zero attached hydrogens (tertiary/aromatic N) is 2. The van der Waals surface area contributed by atoms with Crippen LogP contribution >= 0.6 is 0 Å². The molecular weight excluding hydrogens is 348 g/mol. The van der Waals surface area contributed by atoms with Crippen molar-refractivity contribution in [3.8, 4) is 11.6 Å². The molecule has 5 aliphatic rings. The monoisotopic (exact) mass is 369 g/mol. The highest BCUT2D eigenvalue weighted by atomic mass is 19.1. The molecule has 0 unspecified atom stereocenters. The van der Waals surface area contributed by atoms with Gasteiger partial charge in [0, 0.05) is 29.5 Å². The molecule has 2 N–H and O–H groups in total. The van der Waals surface area contributed by atoms with Gasteiger partial charge in [-0.3, -0.25) is 0 Å². The second kappa shape index (κ2) is 5.18. The Hall–Kier alpha value is -2.24. The number of anilines is 1. The molecule has 140 valence electrons. The standard InChI is InChI=1S/C21H21F2N3O/c22-13-4-16(23)14-6-15-18(24)25-20(26-19(15)27-17(14)5-13)21-7-10-1-11(8-21)3-12(2-10)9-21/h4-5,10-12H,1-3,6-9H2,(H2,24,25,26). The fourth-order valence-corrected chi connectivity index (χ4v) is 6.48. The van der Waals surface area contributed by atoms with E-state index in [2.05, 4.69) is 4.98 Å². The molecule has 2 heterocycles. The highest BCUT2D eigenvalue weighted by Gasteiger charge is 2.53. The molecule has 4 saturated carbocycles. The van der Waals surface area contributed by atoms with Gasteiger partial charge in [-0.15, -0.1) is 0 Å². The number of hydrogen-bond donors (Lipinski definition) is 1. The zero-order valence-corrected chi connectivity index (χ0v) is 15.0. The van der Waals surface area contributed by atoms with Gasteiger partial charge >= 0.3 is 0 Å². The predicted octanol–water partition coefficient (Wildman–Crippen LogP) is 4.50. The van der Waals surface area contributed by atoms with Gasteiger partial charge in [-0.2, -0.15) is 4.98 Å². The number of aromatic nitrogens is 2. The summed E-state index contributed by atoms with van der Waals surface area (Å²) in [6.45, 7) is 0. The van der Waals surface area contributed by atoms with Crippen LogP contribution in [0.1, 0.15) is 55.5 Å². The SMILES string of the molecule is Nc1nc(C23CC4CC(CC(C4)C2)C3)nc2c1Cc1c(F)cc(F)cc1O2. The molecule has 1 aliphatic heterocycles. The van der Waals surface area contributed by atoms with E-state index in [-0.39, 0.29) is 17.6 Å². The summed E-state index contributed by atoms with van der Waals surface area (Å²) in [4.78, 5) is 9.45. The summed E-state index contributed by atoms with van der Waals surface area (Å²) >= 11 is 0. The van der Waals surface area contributed by atoms with Crippen molar-refractivity contribution in [2.45, 2.75) is 50.4 Å². The number of rotatable bonds is 1. The largest absolute Gasteiger partial charge is 0.438 e. The van der Waals surface area contributed by atoms with E-state index in [1.807, 2.05) is 0 Å². The fourth-order valence-electron chi connectivity index (χ4n) is 6.48. The molecule has 0 atom stereocenters. The Kier molecular flexibility index (Phi) is 3.03. The average molecular weight is 369 g/mol. The number of halogens is 2. The van der Waals surface area contributed by atoms with Crippen LogP contribution in [0.2, 0.25) is 0 Å². The lowest BCUT2D eigenvalue weighted by Gasteiger charge is -2.56. The Labute approximate surface area is 156 Å². The topological polar surface area (TPSA) is 61.0 Å². The third kappa shape index (κ3) is 2.25. The van der Waals surface area contributed by atoms with E-state index in [9.17, 15) is 8.78 Å². The molecule has 1 aromatic carbocycles. The molecular formula is C21H21F2N3O. The number of hydrogen-bond acceptors (Lipinski definition) is 4. The Morgan fingerprint density at radius 2 is 1.63 bits per heavy atom. The molecule has 0 spiro atoms. The van der Waals surface area contributed by atoms with Crippen molar-refractivity contribution in [1.82, 2.24) is 9.97 Å². The van der Waals surface area contributed by atoms with Crippen molar-refractivity contribution in [3.63, 3.8) is 0 Å². The Balaban J connectivity index is 1.44. The first-order valence-electron chi connectivity index (χ1n) is 9.82. The summed E-state index contributed by atoms with van der Waals surface area (Å²) in [6.07, 6.45) is 7.60. The molecule has 27 heavy (non-hydrogen) atoms. The fraction of sp³-hybridized carbons (Fsp3) is 0.524. The predicted molar refractivity (Wildman–Crippen MR) is 95.5 cm³/mol. The number of nitrogen functional groups attached to an aromatic ring is 1. The van der Waals surface area contributed by atoms with Crippen molar-refractivity contribution in [3.05, 3.63) is 40.7 Å². The Morgan fingerprint density at radius 3 is 2.30 bits per heavy atom. The molecule has 1 aromatic heterocycles. The van der Waals surface area contributed by atoms with E-state index < -0.39 is 11.6 Å². The molecule has 4 aliphatic carbocycles. The Morgan fingerprint density at radius 1 is 0.963 bits per heavy atom. The molecule has 0 radical (unpaired) electrons. The van der Waals surface area contributed by atoms with Gasteiger partial charge in [-0.25, -0.2) is 13.8 Å². The maximum absolute atomic E-state index is 14.1. The van der Waals surface area contributed by atoms with Gasteiger partial charge in [-0.05, 0) is 56.3 Å². The first kappa shape index (κ1) is 15.8. The van der Waals surface area contributed by atoms with Crippen LogP contribution < -0.4 is 10.5 Å². The summed E-state index contributed by atoms with van der Waals surface area (Å²) in [5.41, 5.74) is 7.17. The normalized spacial score (nSPS) is 32.7. The minimum absolute atomic E-state index is 0.00523. The van der Waals surface area contributed by atoms with E-state index >= 15 is 0 Å². The third-order valence-corrected chi connectivity index (χ3v) is 7.19. The van der Waals surface area contributed by atoms with Gasteiger partial charge in [0.1, 0.15) is 29.0 Å². The number of benzene rings is 1. The highest BCUT2D eigenvalue weighted by Crippen LogP contribution is 2.60. The van der Waals surface area contributed by atoms with Crippen LogP contribution in [0.25, 0.3) is 0 Å². The number of ether oxygens (including phenoxy) is 1. The Bertz CT molecular complexity index is 939. The summed E-state index contributed by atoms with van der Waals surface area (Å²) in [5, 5.41) is 0. The van der Waals surface area contributed by atoms with Gasteiger partial charge in [0.2, 0.25) is 5.88 Å². The quantitative estimate of drug-likeness (QED) is 0.686. The second-order valence-electron chi connectivity index (χ2n) is 9.06. The zero-order valence-electron chi connectivity index (χ0n) is 15.0. The smallest absolute Gasteiger partial charge is 0.228 e. The van der Waals surface area contributed by atoms with Crippen molar-refractivity contribution in [1.29, 1.82) is 0 Å². The van der Waals surface area contributed by atoms with E-state index in [0.29, 0.717) is 22.8 Å². The second-order valence-corrected chi connectivity index (χ2v) is 9.06. The molecule has 7 rings (SSSR count). The van der Waals surface area contributed by atoms with Crippen LogP contribution in [-0.2, 0) is 11.8 Å². The molecule has 2 aromatic rings. The van der Waals surface area contributed by atoms with Gasteiger partial charge in [0.25, 0.3) is 0 Å². The summed E-state index contributed by atoms with van der Waals surface area (Å²) in [5.74, 6) is 2.71. The molecule has 0 amide bonds. The number of fused-ring (bicyclic) bond motifs is 2. The lowest BCUT2D eigenvalue weighted by molar-refractivity contribution is -0.00956. The minimum Gasteiger partial charge on any atom is -0.438 e. The van der Waals surface area contributed by atoms with Crippen LogP contribution in [0.3, 0.4) is 0 Å². The maximum Gasteiger partial charge on any atom is 0.228 e. The lowest BCUT2D eigenvalue weighted by atomic mass is 9.49. The van der Waals surface area contributed by atoms with Crippen molar-refractivity contribution in [2.24, 2.45) is 17.8 Å². The maximum atomic E-state index is 14.1. The molecule has 4 bridgehead atoms. The molecule has 4 nitrogen and oxygen atoms in total. The van der Waals surface area contributed by atoms with Gasteiger partial charge in [-0.1, -0.05) is 0 Å². The van der Waals surface area contributed by atoms with E-state index in [1.54, 1.807) is 0 Å². The average Bonchev–Trinajstić information content (AvgIpc) is 2.59. The summed E-state index contributed by atoms with van der Waals surface area (Å²) in [7, 11) is 0. The highest BCUT2D eigenvalue weighted by molar-refractivity contribution is 5.56. The first-order valence-corrected chi connectivity index (χ1v) is 9.82. The molecule has 0 saturated heterocycles.